The number of imide groups is 1. The summed E-state index contributed by atoms with van der Waals surface area (Å²) in [6.07, 6.45) is -0.810. The molecule has 2 aromatic carbocycles. The van der Waals surface area contributed by atoms with Crippen molar-refractivity contribution >= 4 is 35.0 Å². The van der Waals surface area contributed by atoms with Gasteiger partial charge in [0, 0.05) is 66.6 Å². The van der Waals surface area contributed by atoms with Gasteiger partial charge >= 0.3 is 0 Å². The normalized spacial score (nSPS) is 30.2. The Kier molecular flexibility index (Phi) is 10.6. The Morgan fingerprint density at radius 1 is 1.04 bits per heavy atom. The first-order chi connectivity index (χ1) is 26.7. The van der Waals surface area contributed by atoms with Crippen molar-refractivity contribution in [3.8, 4) is 17.2 Å². The smallest absolute Gasteiger partial charge is 0.253 e. The highest BCUT2D eigenvalue weighted by molar-refractivity contribution is 6.31. The number of ether oxygens (including phenoxy) is 3. The Labute approximate surface area is 320 Å². The number of benzene rings is 2. The number of aliphatic hydroxyl groups is 3. The molecular formula is C39H44N4O13. The number of phenols is 2. The predicted molar refractivity (Wildman–Crippen MR) is 194 cm³/mol. The van der Waals surface area contributed by atoms with Gasteiger partial charge in [-0.25, -0.2) is 5.43 Å². The predicted octanol–water partition coefficient (Wildman–Crippen LogP) is 0.636. The molecule has 0 spiro atoms. The number of rotatable bonds is 9. The van der Waals surface area contributed by atoms with Gasteiger partial charge in [-0.05, 0) is 44.6 Å². The van der Waals surface area contributed by atoms with E-state index in [0.29, 0.717) is 25.7 Å². The molecular weight excluding hydrogens is 732 g/mol. The first-order valence-electron chi connectivity index (χ1n) is 18.5. The maximum absolute atomic E-state index is 14.0. The second kappa shape index (κ2) is 15.1. The van der Waals surface area contributed by atoms with E-state index in [0.717, 1.165) is 0 Å². The maximum Gasteiger partial charge on any atom is 0.253 e. The summed E-state index contributed by atoms with van der Waals surface area (Å²) in [7, 11) is 1.32. The minimum atomic E-state index is -2.16. The standard InChI is InChI=1S/C39H44N4O13/c1-17-33(47)22(40)12-28(55-17)56-24-14-39(53,25(16-44)41-42-38(52)19-8-6-18(7-9-19)15-43-26(45)10-11-27(43)46)13-21-30(24)37(51)32-31(35(21)49)34(48)20-4-3-5-23(54-2)29(20)36(32)50/h3-5,10-11,17-19,22,24,28,33,44,47,49,51,53H,6-9,12-16,40H2,1-2H3,(H,42,52)/b41-25+/t17?,18?,19?,22-,24+,28+,33+,39+/m1/s1. The number of amides is 3. The van der Waals surface area contributed by atoms with Crippen molar-refractivity contribution in [3.63, 3.8) is 0 Å². The van der Waals surface area contributed by atoms with E-state index in [1.54, 1.807) is 6.92 Å². The van der Waals surface area contributed by atoms with Crippen molar-refractivity contribution in [3.05, 3.63) is 63.7 Å². The number of aromatic hydroxyl groups is 2. The molecule has 1 unspecified atom stereocenters. The largest absolute Gasteiger partial charge is 0.507 e. The summed E-state index contributed by atoms with van der Waals surface area (Å²) in [4.78, 5) is 66.4. The molecule has 3 amide bonds. The number of nitrogens with zero attached hydrogens (tertiary/aromatic N) is 2. The van der Waals surface area contributed by atoms with Crippen LogP contribution in [0.2, 0.25) is 0 Å². The summed E-state index contributed by atoms with van der Waals surface area (Å²) in [5, 5.41) is 61.0. The van der Waals surface area contributed by atoms with Crippen molar-refractivity contribution in [1.82, 2.24) is 10.3 Å². The van der Waals surface area contributed by atoms with Gasteiger partial charge in [0.25, 0.3) is 11.8 Å². The van der Waals surface area contributed by atoms with Crippen molar-refractivity contribution in [2.24, 2.45) is 22.7 Å². The summed E-state index contributed by atoms with van der Waals surface area (Å²) in [5.41, 5.74) is 4.66. The van der Waals surface area contributed by atoms with Crippen LogP contribution in [0.25, 0.3) is 0 Å². The Hall–Kier alpha value is -5.04. The van der Waals surface area contributed by atoms with E-state index in [4.69, 9.17) is 19.9 Å². The molecule has 0 bridgehead atoms. The zero-order chi connectivity index (χ0) is 40.2. The molecule has 5 aliphatic rings. The lowest BCUT2D eigenvalue weighted by molar-refractivity contribution is -0.245. The second-order valence-corrected chi connectivity index (χ2v) is 15.1. The zero-order valence-electron chi connectivity index (χ0n) is 30.8. The van der Waals surface area contributed by atoms with Crippen LogP contribution in [0.15, 0.2) is 35.5 Å². The van der Waals surface area contributed by atoms with Gasteiger partial charge < -0.3 is 45.5 Å². The van der Waals surface area contributed by atoms with Crippen LogP contribution < -0.4 is 15.9 Å². The third-order valence-electron chi connectivity index (χ3n) is 11.7. The molecule has 6 atom stereocenters. The summed E-state index contributed by atoms with van der Waals surface area (Å²) >= 11 is 0. The molecule has 8 N–H and O–H groups in total. The first-order valence-corrected chi connectivity index (χ1v) is 18.5. The Morgan fingerprint density at radius 3 is 2.36 bits per heavy atom. The lowest BCUT2D eigenvalue weighted by Gasteiger charge is -2.43. The van der Waals surface area contributed by atoms with Crippen molar-refractivity contribution in [2.75, 3.05) is 20.3 Å². The second-order valence-electron chi connectivity index (χ2n) is 15.1. The van der Waals surface area contributed by atoms with Gasteiger partial charge in [0.05, 0.1) is 54.4 Å². The van der Waals surface area contributed by atoms with Crippen LogP contribution in [0.4, 0.5) is 0 Å². The van der Waals surface area contributed by atoms with Gasteiger partial charge in [-0.3, -0.25) is 28.9 Å². The topological polar surface area (TPSA) is 268 Å². The number of ketones is 2. The van der Waals surface area contributed by atoms with Gasteiger partial charge in [0.1, 0.15) is 22.8 Å². The van der Waals surface area contributed by atoms with Crippen LogP contribution >= 0.6 is 0 Å². The minimum Gasteiger partial charge on any atom is -0.507 e. The highest BCUT2D eigenvalue weighted by atomic mass is 16.7. The van der Waals surface area contributed by atoms with E-state index >= 15 is 0 Å². The lowest BCUT2D eigenvalue weighted by atomic mass is 9.71. The maximum atomic E-state index is 14.0. The monoisotopic (exact) mass is 776 g/mol. The third kappa shape index (κ3) is 6.77. The Balaban J connectivity index is 1.19. The molecule has 56 heavy (non-hydrogen) atoms. The summed E-state index contributed by atoms with van der Waals surface area (Å²) in [6, 6.07) is 3.59. The van der Waals surface area contributed by atoms with E-state index in [2.05, 4.69) is 10.5 Å². The SMILES string of the molecule is COc1cccc2c1C(=O)c1c(O)c3c(c(O)c1C2=O)C[C@@](O)(/C(CO)=N/NC(=O)C1CCC(CN2C(=O)C=CC2=O)CC1)C[C@@H]3O[C@H]1C[C@@H](N)[C@@H](O)C(C)O1. The van der Waals surface area contributed by atoms with Crippen molar-refractivity contribution in [1.29, 1.82) is 0 Å². The molecule has 17 heteroatoms. The van der Waals surface area contributed by atoms with Crippen LogP contribution in [0.1, 0.15) is 94.5 Å². The van der Waals surface area contributed by atoms with Gasteiger partial charge in [0.15, 0.2) is 12.1 Å². The van der Waals surface area contributed by atoms with Gasteiger partial charge in [-0.15, -0.1) is 0 Å². The number of carbonyl (C=O) groups excluding carboxylic acids is 5. The molecule has 17 nitrogen and oxygen atoms in total. The summed E-state index contributed by atoms with van der Waals surface area (Å²) < 4.78 is 17.5. The number of nitrogens with two attached hydrogens (primary N) is 1. The molecule has 1 saturated carbocycles. The first kappa shape index (κ1) is 39.2. The van der Waals surface area contributed by atoms with Crippen LogP contribution in [-0.4, -0.2) is 116 Å². The number of phenolic OH excluding ortho intramolecular Hbond substituents is 2. The lowest BCUT2D eigenvalue weighted by Crippen LogP contribution is -2.53. The average molecular weight is 777 g/mol. The van der Waals surface area contributed by atoms with Crippen molar-refractivity contribution < 1.29 is 63.7 Å². The quantitative estimate of drug-likeness (QED) is 0.0681. The molecule has 2 fully saturated rings. The number of fused-ring (bicyclic) bond motifs is 3. The molecule has 2 aliphatic heterocycles. The van der Waals surface area contributed by atoms with E-state index in [1.807, 2.05) is 0 Å². The number of carbonyl (C=O) groups is 5. The number of hydrogen-bond acceptors (Lipinski definition) is 15. The molecule has 2 heterocycles. The average Bonchev–Trinajstić information content (AvgIpc) is 3.49. The Bertz CT molecular complexity index is 2030. The molecule has 3 aliphatic carbocycles. The van der Waals surface area contributed by atoms with Gasteiger partial charge in [-0.2, -0.15) is 5.10 Å². The van der Waals surface area contributed by atoms with E-state index in [-0.39, 0.29) is 64.4 Å². The molecule has 0 radical (unpaired) electrons. The molecule has 0 aromatic heterocycles. The summed E-state index contributed by atoms with van der Waals surface area (Å²) in [6.45, 7) is 0.972. The van der Waals surface area contributed by atoms with Gasteiger partial charge in [0.2, 0.25) is 11.7 Å². The number of methoxy groups -OCH3 is 1. The number of nitrogens with one attached hydrogen (secondary N) is 1. The van der Waals surface area contributed by atoms with Crippen LogP contribution in [0.3, 0.4) is 0 Å². The van der Waals surface area contributed by atoms with E-state index in [9.17, 15) is 49.5 Å². The minimum absolute atomic E-state index is 0.0176. The van der Waals surface area contributed by atoms with Gasteiger partial charge in [-0.1, -0.05) is 12.1 Å². The molecule has 1 saturated heterocycles. The zero-order valence-corrected chi connectivity index (χ0v) is 30.8. The van der Waals surface area contributed by atoms with Crippen molar-refractivity contribution in [2.45, 2.75) is 88.1 Å². The number of hydrogen-bond donors (Lipinski definition) is 7. The Morgan fingerprint density at radius 2 is 1.71 bits per heavy atom. The molecule has 2 aromatic rings. The summed E-state index contributed by atoms with van der Waals surface area (Å²) in [5.74, 6) is -4.57. The fraction of sp³-hybridized carbons (Fsp3) is 0.487. The highest BCUT2D eigenvalue weighted by Crippen LogP contribution is 2.52. The fourth-order valence-corrected chi connectivity index (χ4v) is 8.59. The number of aliphatic hydroxyl groups excluding tert-OH is 2. The van der Waals surface area contributed by atoms with Crippen LogP contribution in [0, 0.1) is 11.8 Å². The molecule has 298 valence electrons. The molecule has 7 rings (SSSR count). The third-order valence-corrected chi connectivity index (χ3v) is 11.7. The van der Waals surface area contributed by atoms with E-state index < -0.39 is 102 Å². The van der Waals surface area contributed by atoms with E-state index in [1.165, 1.54) is 42.4 Å². The fourth-order valence-electron chi connectivity index (χ4n) is 8.59. The van der Waals surface area contributed by atoms with Crippen LogP contribution in [-0.2, 0) is 30.3 Å². The van der Waals surface area contributed by atoms with Crippen LogP contribution in [0.5, 0.6) is 17.2 Å². The number of hydrazone groups is 1. The highest BCUT2D eigenvalue weighted by Gasteiger charge is 2.50.